The normalized spacial score (nSPS) is 21.2. The van der Waals surface area contributed by atoms with Crippen molar-refractivity contribution in [2.45, 2.75) is 45.7 Å². The van der Waals surface area contributed by atoms with E-state index in [2.05, 4.69) is 10.2 Å². The number of carbonyl (C=O) groups is 2. The summed E-state index contributed by atoms with van der Waals surface area (Å²) in [6.45, 7) is 8.07. The van der Waals surface area contributed by atoms with Crippen LogP contribution in [0.25, 0.3) is 5.69 Å². The number of aromatic nitrogens is 2. The molecule has 1 saturated heterocycles. The molecule has 1 N–H and O–H groups in total. The molecule has 3 aliphatic rings. The van der Waals surface area contributed by atoms with E-state index in [1.807, 2.05) is 60.7 Å². The van der Waals surface area contributed by atoms with Gasteiger partial charge in [0.1, 0.15) is 5.69 Å². The predicted molar refractivity (Wildman–Crippen MR) is 114 cm³/mol. The summed E-state index contributed by atoms with van der Waals surface area (Å²) in [7, 11) is 0. The first kappa shape index (κ1) is 19.2. The fourth-order valence-corrected chi connectivity index (χ4v) is 4.84. The second-order valence-corrected chi connectivity index (χ2v) is 9.21. The predicted octanol–water partition coefficient (Wildman–Crippen LogP) is 3.14. The molecule has 3 amide bonds. The molecule has 2 aliphatic heterocycles. The van der Waals surface area contributed by atoms with E-state index in [-0.39, 0.29) is 24.0 Å². The first-order valence-electron chi connectivity index (χ1n) is 11.0. The third-order valence-corrected chi connectivity index (χ3v) is 6.38. The maximum atomic E-state index is 13.6. The van der Waals surface area contributed by atoms with Gasteiger partial charge in [0.2, 0.25) is 0 Å². The number of hydrogen-bond donors (Lipinski definition) is 1. The van der Waals surface area contributed by atoms with Crippen molar-refractivity contribution < 1.29 is 9.59 Å². The Morgan fingerprint density at radius 2 is 1.90 bits per heavy atom. The fraction of sp³-hybridized carbons (Fsp3) is 0.522. The molecule has 1 aromatic carbocycles. The lowest BCUT2D eigenvalue weighted by molar-refractivity contribution is 0.0507. The monoisotopic (exact) mass is 407 g/mol. The summed E-state index contributed by atoms with van der Waals surface area (Å²) in [5.74, 6) is 0.940. The average Bonchev–Trinajstić information content (AvgIpc) is 3.40. The van der Waals surface area contributed by atoms with Crippen LogP contribution in [0.2, 0.25) is 0 Å². The van der Waals surface area contributed by atoms with Crippen molar-refractivity contribution >= 4 is 11.9 Å². The van der Waals surface area contributed by atoms with Gasteiger partial charge in [0.15, 0.2) is 0 Å². The maximum absolute atomic E-state index is 13.6. The number of fused-ring (bicyclic) bond motifs is 1. The molecule has 1 aliphatic carbocycles. The number of likely N-dealkylation sites (tertiary alicyclic amines) is 1. The van der Waals surface area contributed by atoms with Crippen molar-refractivity contribution in [1.82, 2.24) is 24.9 Å². The second kappa shape index (κ2) is 7.15. The topological polar surface area (TPSA) is 70.5 Å². The highest BCUT2D eigenvalue weighted by molar-refractivity contribution is 5.98. The van der Waals surface area contributed by atoms with Gasteiger partial charge in [0.05, 0.1) is 17.4 Å². The van der Waals surface area contributed by atoms with Crippen LogP contribution >= 0.6 is 0 Å². The van der Waals surface area contributed by atoms with Crippen LogP contribution in [0.5, 0.6) is 0 Å². The van der Waals surface area contributed by atoms with Crippen LogP contribution in [-0.4, -0.2) is 57.2 Å². The fourth-order valence-electron chi connectivity index (χ4n) is 4.84. The molecule has 2 fully saturated rings. The van der Waals surface area contributed by atoms with Gasteiger partial charge in [-0.05, 0) is 51.7 Å². The molecule has 3 heterocycles. The van der Waals surface area contributed by atoms with E-state index in [4.69, 9.17) is 5.10 Å². The Balaban J connectivity index is 1.37. The van der Waals surface area contributed by atoms with E-state index < -0.39 is 0 Å². The van der Waals surface area contributed by atoms with Gasteiger partial charge in [0, 0.05) is 37.2 Å². The summed E-state index contributed by atoms with van der Waals surface area (Å²) in [5, 5.41) is 7.67. The van der Waals surface area contributed by atoms with Gasteiger partial charge in [-0.25, -0.2) is 9.48 Å². The van der Waals surface area contributed by atoms with Crippen LogP contribution in [0.15, 0.2) is 30.3 Å². The van der Waals surface area contributed by atoms with Crippen molar-refractivity contribution in [1.29, 1.82) is 0 Å². The standard InChI is InChI=1S/C23H29N5O2/c1-14(2)24-23(30)26-11-16(12-26)13-27-20(17-9-10-17)19-15(3)25-28(21(19)22(27)29)18-7-5-4-6-8-18/h4-8,14,16-17,20H,9-13H2,1-3H3,(H,24,30). The van der Waals surface area contributed by atoms with E-state index in [1.165, 1.54) is 0 Å². The van der Waals surface area contributed by atoms with E-state index in [9.17, 15) is 9.59 Å². The molecular formula is C23H29N5O2. The Bertz CT molecular complexity index is 973. The van der Waals surface area contributed by atoms with E-state index in [0.717, 1.165) is 35.5 Å². The molecule has 0 bridgehead atoms. The molecular weight excluding hydrogens is 378 g/mol. The summed E-state index contributed by atoms with van der Waals surface area (Å²) in [5.41, 5.74) is 3.71. The van der Waals surface area contributed by atoms with E-state index >= 15 is 0 Å². The zero-order valence-electron chi connectivity index (χ0n) is 17.8. The van der Waals surface area contributed by atoms with Gasteiger partial charge < -0.3 is 15.1 Å². The number of rotatable bonds is 5. The third kappa shape index (κ3) is 3.16. The number of urea groups is 1. The quantitative estimate of drug-likeness (QED) is 0.828. The van der Waals surface area contributed by atoms with Gasteiger partial charge in [-0.2, -0.15) is 5.10 Å². The molecule has 2 aromatic rings. The van der Waals surface area contributed by atoms with Crippen LogP contribution in [0.3, 0.4) is 0 Å². The largest absolute Gasteiger partial charge is 0.336 e. The summed E-state index contributed by atoms with van der Waals surface area (Å²) in [4.78, 5) is 29.6. The molecule has 1 saturated carbocycles. The highest BCUT2D eigenvalue weighted by Gasteiger charge is 2.50. The molecule has 5 rings (SSSR count). The molecule has 158 valence electrons. The van der Waals surface area contributed by atoms with Gasteiger partial charge in [0.25, 0.3) is 5.91 Å². The summed E-state index contributed by atoms with van der Waals surface area (Å²) < 4.78 is 1.82. The van der Waals surface area contributed by atoms with E-state index in [1.54, 1.807) is 0 Å². The molecule has 1 atom stereocenters. The number of para-hydroxylation sites is 1. The highest BCUT2D eigenvalue weighted by atomic mass is 16.2. The molecule has 0 radical (unpaired) electrons. The Kier molecular flexibility index (Phi) is 4.56. The lowest BCUT2D eigenvalue weighted by atomic mass is 9.97. The van der Waals surface area contributed by atoms with E-state index in [0.29, 0.717) is 31.5 Å². The Morgan fingerprint density at radius 1 is 1.20 bits per heavy atom. The van der Waals surface area contributed by atoms with Crippen molar-refractivity contribution in [3.05, 3.63) is 47.3 Å². The molecule has 30 heavy (non-hydrogen) atoms. The zero-order valence-corrected chi connectivity index (χ0v) is 17.8. The zero-order chi connectivity index (χ0) is 21.0. The molecule has 7 nitrogen and oxygen atoms in total. The first-order valence-corrected chi connectivity index (χ1v) is 11.0. The molecule has 1 aromatic heterocycles. The molecule has 0 spiro atoms. The van der Waals surface area contributed by atoms with Crippen LogP contribution in [0, 0.1) is 18.8 Å². The summed E-state index contributed by atoms with van der Waals surface area (Å²) in [6.07, 6.45) is 2.33. The number of aryl methyl sites for hydroxylation is 1. The number of hydrogen-bond acceptors (Lipinski definition) is 3. The number of carbonyl (C=O) groups excluding carboxylic acids is 2. The Morgan fingerprint density at radius 3 is 2.53 bits per heavy atom. The van der Waals surface area contributed by atoms with Crippen molar-refractivity contribution in [3.8, 4) is 5.69 Å². The SMILES string of the molecule is Cc1nn(-c2ccccc2)c2c1C(C1CC1)N(CC1CN(C(=O)NC(C)C)C1)C2=O. The van der Waals surface area contributed by atoms with Crippen LogP contribution in [0.1, 0.15) is 54.5 Å². The first-order chi connectivity index (χ1) is 14.4. The average molecular weight is 408 g/mol. The van der Waals surface area contributed by atoms with Gasteiger partial charge >= 0.3 is 6.03 Å². The minimum absolute atomic E-state index is 0.00779. The Hall–Kier alpha value is -2.83. The number of nitrogens with one attached hydrogen (secondary N) is 1. The molecule has 1 unspecified atom stereocenters. The number of nitrogens with zero attached hydrogens (tertiary/aromatic N) is 4. The van der Waals surface area contributed by atoms with Gasteiger partial charge in [-0.3, -0.25) is 4.79 Å². The van der Waals surface area contributed by atoms with Crippen LogP contribution in [0.4, 0.5) is 4.79 Å². The van der Waals surface area contributed by atoms with Gasteiger partial charge in [-0.15, -0.1) is 0 Å². The van der Waals surface area contributed by atoms with Crippen molar-refractivity contribution in [2.75, 3.05) is 19.6 Å². The minimum atomic E-state index is -0.00779. The summed E-state index contributed by atoms with van der Waals surface area (Å²) >= 11 is 0. The lowest BCUT2D eigenvalue weighted by Gasteiger charge is -2.42. The van der Waals surface area contributed by atoms with Crippen LogP contribution < -0.4 is 5.32 Å². The van der Waals surface area contributed by atoms with Crippen molar-refractivity contribution in [2.24, 2.45) is 11.8 Å². The summed E-state index contributed by atoms with van der Waals surface area (Å²) in [6, 6.07) is 10.2. The van der Waals surface area contributed by atoms with Crippen molar-refractivity contribution in [3.63, 3.8) is 0 Å². The maximum Gasteiger partial charge on any atom is 0.317 e. The van der Waals surface area contributed by atoms with Crippen LogP contribution in [-0.2, 0) is 0 Å². The second-order valence-electron chi connectivity index (χ2n) is 9.21. The lowest BCUT2D eigenvalue weighted by Crippen LogP contribution is -2.57. The number of amides is 3. The molecule has 7 heteroatoms. The highest BCUT2D eigenvalue weighted by Crippen LogP contribution is 2.51. The number of benzene rings is 1. The smallest absolute Gasteiger partial charge is 0.317 e. The van der Waals surface area contributed by atoms with Gasteiger partial charge in [-0.1, -0.05) is 18.2 Å². The Labute approximate surface area is 177 Å². The minimum Gasteiger partial charge on any atom is -0.336 e. The third-order valence-electron chi connectivity index (χ3n) is 6.38.